The summed E-state index contributed by atoms with van der Waals surface area (Å²) < 4.78 is 36.9. The fraction of sp³-hybridized carbons (Fsp3) is 0.400. The molecule has 4 atom stereocenters. The van der Waals surface area contributed by atoms with E-state index < -0.39 is 17.7 Å². The van der Waals surface area contributed by atoms with Crippen LogP contribution in [0.15, 0.2) is 91.0 Å². The highest BCUT2D eigenvalue weighted by Crippen LogP contribution is 2.43. The minimum absolute atomic E-state index is 0.274. The fourth-order valence-electron chi connectivity index (χ4n) is 5.13. The van der Waals surface area contributed by atoms with E-state index in [9.17, 15) is 0 Å². The third-order valence-electron chi connectivity index (χ3n) is 6.69. The van der Waals surface area contributed by atoms with Gasteiger partial charge in [-0.2, -0.15) is 0 Å². The summed E-state index contributed by atoms with van der Waals surface area (Å²) in [5.41, 5.74) is 2.26. The molecule has 2 aliphatic heterocycles. The average Bonchev–Trinajstić information content (AvgIpc) is 3.38. The summed E-state index contributed by atoms with van der Waals surface area (Å²) in [6, 6.07) is 30.9. The van der Waals surface area contributed by atoms with Gasteiger partial charge in [-0.1, -0.05) is 91.0 Å². The van der Waals surface area contributed by atoms with Crippen LogP contribution in [-0.4, -0.2) is 57.3 Å². The van der Waals surface area contributed by atoms with Crippen LogP contribution in [0, 0.1) is 0 Å². The van der Waals surface area contributed by atoms with Crippen LogP contribution in [0.2, 0.25) is 0 Å². The Balaban J connectivity index is 1.49. The summed E-state index contributed by atoms with van der Waals surface area (Å²) in [7, 11) is 1.66. The van der Waals surface area contributed by atoms with Gasteiger partial charge in [0.15, 0.2) is 12.1 Å². The van der Waals surface area contributed by atoms with Gasteiger partial charge in [0, 0.05) is 7.11 Å². The molecule has 0 bridgehead atoms. The monoisotopic (exact) mass is 490 g/mol. The largest absolute Gasteiger partial charge is 0.382 e. The van der Waals surface area contributed by atoms with E-state index in [1.165, 1.54) is 0 Å². The second-order valence-corrected chi connectivity index (χ2v) is 9.56. The van der Waals surface area contributed by atoms with Crippen molar-refractivity contribution in [2.24, 2.45) is 0 Å². The maximum absolute atomic E-state index is 6.98. The summed E-state index contributed by atoms with van der Waals surface area (Å²) in [5, 5.41) is 0. The van der Waals surface area contributed by atoms with Crippen molar-refractivity contribution in [1.82, 2.24) is 0 Å². The van der Waals surface area contributed by atoms with Crippen molar-refractivity contribution in [2.45, 2.75) is 49.8 Å². The first-order chi connectivity index (χ1) is 17.5. The zero-order valence-electron chi connectivity index (χ0n) is 21.0. The van der Waals surface area contributed by atoms with Gasteiger partial charge in [-0.05, 0) is 30.5 Å². The Kier molecular flexibility index (Phi) is 7.53. The van der Waals surface area contributed by atoms with Crippen molar-refractivity contribution < 1.29 is 28.4 Å². The Bertz CT molecular complexity index is 992. The van der Waals surface area contributed by atoms with Crippen molar-refractivity contribution in [2.75, 3.05) is 26.9 Å². The van der Waals surface area contributed by atoms with Gasteiger partial charge >= 0.3 is 0 Å². The third-order valence-corrected chi connectivity index (χ3v) is 6.69. The minimum atomic E-state index is -0.844. The SMILES string of the molecule is COCCO[C@@H]1[C@H]2OC(C)(C)O[C@H]2O[C@@H]1COC(c1ccccc1)(c1ccccc1)c1ccccc1. The van der Waals surface area contributed by atoms with Crippen LogP contribution in [0.1, 0.15) is 30.5 Å². The Labute approximate surface area is 213 Å². The second-order valence-electron chi connectivity index (χ2n) is 9.56. The van der Waals surface area contributed by atoms with Gasteiger partial charge in [0.1, 0.15) is 23.9 Å². The highest BCUT2D eigenvalue weighted by molar-refractivity contribution is 5.47. The molecular weight excluding hydrogens is 456 g/mol. The van der Waals surface area contributed by atoms with Gasteiger partial charge in [0.2, 0.25) is 0 Å². The maximum atomic E-state index is 6.98. The van der Waals surface area contributed by atoms with Gasteiger partial charge in [-0.15, -0.1) is 0 Å². The van der Waals surface area contributed by atoms with Crippen LogP contribution in [0.3, 0.4) is 0 Å². The molecule has 2 heterocycles. The van der Waals surface area contributed by atoms with Crippen LogP contribution < -0.4 is 0 Å². The van der Waals surface area contributed by atoms with Crippen molar-refractivity contribution in [1.29, 1.82) is 0 Å². The van der Waals surface area contributed by atoms with Crippen molar-refractivity contribution in [3.05, 3.63) is 108 Å². The lowest BCUT2D eigenvalue weighted by Gasteiger charge is -2.37. The predicted molar refractivity (Wildman–Crippen MR) is 135 cm³/mol. The molecule has 0 N–H and O–H groups in total. The number of hydrogen-bond donors (Lipinski definition) is 0. The normalized spacial score (nSPS) is 25.1. The molecule has 0 radical (unpaired) electrons. The highest BCUT2D eigenvalue weighted by Gasteiger charge is 2.56. The van der Waals surface area contributed by atoms with E-state index in [-0.39, 0.29) is 24.9 Å². The molecule has 6 heteroatoms. The molecule has 3 aromatic rings. The third kappa shape index (κ3) is 4.98. The Morgan fingerprint density at radius 3 is 1.78 bits per heavy atom. The summed E-state index contributed by atoms with van der Waals surface area (Å²) in [6.07, 6.45) is -1.60. The predicted octanol–water partition coefficient (Wildman–Crippen LogP) is 4.90. The lowest BCUT2D eigenvalue weighted by atomic mass is 9.80. The molecule has 2 fully saturated rings. The van der Waals surface area contributed by atoms with E-state index in [2.05, 4.69) is 36.4 Å². The average molecular weight is 491 g/mol. The molecule has 0 aromatic heterocycles. The van der Waals surface area contributed by atoms with Gasteiger partial charge in [-0.25, -0.2) is 0 Å². The second kappa shape index (κ2) is 10.8. The molecule has 2 aliphatic rings. The van der Waals surface area contributed by atoms with Gasteiger partial charge in [0.25, 0.3) is 0 Å². The summed E-state index contributed by atoms with van der Waals surface area (Å²) in [5.74, 6) is -0.730. The molecule has 0 unspecified atom stereocenters. The standard InChI is InChI=1S/C30H34O6/c1-29(2)35-27-26(32-20-19-31-3)25(34-28(27)36-29)21-33-30(22-13-7-4-8-14-22,23-15-9-5-10-16-23)24-17-11-6-12-18-24/h4-18,25-28H,19-21H2,1-3H3/t25-,26+,27-,28-/m1/s1. The Morgan fingerprint density at radius 2 is 1.28 bits per heavy atom. The van der Waals surface area contributed by atoms with Crippen LogP contribution in [0.4, 0.5) is 0 Å². The number of rotatable bonds is 10. The van der Waals surface area contributed by atoms with Crippen molar-refractivity contribution in [3.8, 4) is 0 Å². The smallest absolute Gasteiger partial charge is 0.190 e. The molecule has 0 spiro atoms. The number of hydrogen-bond acceptors (Lipinski definition) is 6. The van der Waals surface area contributed by atoms with Crippen molar-refractivity contribution in [3.63, 3.8) is 0 Å². The fourth-order valence-corrected chi connectivity index (χ4v) is 5.13. The van der Waals surface area contributed by atoms with Crippen LogP contribution in [0.25, 0.3) is 0 Å². The van der Waals surface area contributed by atoms with Gasteiger partial charge in [0.05, 0.1) is 19.8 Å². The molecule has 2 saturated heterocycles. The van der Waals surface area contributed by atoms with Crippen LogP contribution >= 0.6 is 0 Å². The van der Waals surface area contributed by atoms with Crippen molar-refractivity contribution >= 4 is 0 Å². The molecule has 190 valence electrons. The lowest BCUT2D eigenvalue weighted by molar-refractivity contribution is -0.227. The quantitative estimate of drug-likeness (QED) is 0.298. The number of ether oxygens (including phenoxy) is 6. The summed E-state index contributed by atoms with van der Waals surface area (Å²) in [4.78, 5) is 0. The van der Waals surface area contributed by atoms with E-state index in [0.29, 0.717) is 13.2 Å². The number of benzene rings is 3. The maximum Gasteiger partial charge on any atom is 0.190 e. The van der Waals surface area contributed by atoms with E-state index in [0.717, 1.165) is 16.7 Å². The molecule has 0 saturated carbocycles. The Hall–Kier alpha value is -2.58. The van der Waals surface area contributed by atoms with Crippen LogP contribution in [0.5, 0.6) is 0 Å². The highest BCUT2D eigenvalue weighted by atomic mass is 16.8. The van der Waals surface area contributed by atoms with E-state index in [1.54, 1.807) is 7.11 Å². The number of fused-ring (bicyclic) bond motifs is 1. The lowest BCUT2D eigenvalue weighted by Crippen LogP contribution is -2.42. The molecule has 3 aromatic carbocycles. The van der Waals surface area contributed by atoms with E-state index in [4.69, 9.17) is 28.4 Å². The topological polar surface area (TPSA) is 55.4 Å². The molecular formula is C30H34O6. The van der Waals surface area contributed by atoms with E-state index in [1.807, 2.05) is 68.4 Å². The molecule has 0 aliphatic carbocycles. The van der Waals surface area contributed by atoms with Gasteiger partial charge in [-0.3, -0.25) is 0 Å². The molecule has 0 amide bonds. The zero-order chi connectivity index (χ0) is 25.0. The first kappa shape index (κ1) is 25.1. The molecule has 5 rings (SSSR count). The summed E-state index contributed by atoms with van der Waals surface area (Å²) >= 11 is 0. The summed E-state index contributed by atoms with van der Waals surface area (Å²) in [6.45, 7) is 4.95. The Morgan fingerprint density at radius 1 is 0.750 bits per heavy atom. The van der Waals surface area contributed by atoms with Crippen LogP contribution in [-0.2, 0) is 34.0 Å². The molecule has 36 heavy (non-hydrogen) atoms. The molecule has 6 nitrogen and oxygen atoms in total. The minimum Gasteiger partial charge on any atom is -0.382 e. The zero-order valence-corrected chi connectivity index (χ0v) is 21.0. The van der Waals surface area contributed by atoms with E-state index >= 15 is 0 Å². The first-order valence-corrected chi connectivity index (χ1v) is 12.5. The first-order valence-electron chi connectivity index (χ1n) is 12.5. The number of methoxy groups -OCH3 is 1. The van der Waals surface area contributed by atoms with Gasteiger partial charge < -0.3 is 28.4 Å².